The summed E-state index contributed by atoms with van der Waals surface area (Å²) in [5.74, 6) is -0.0526. The van der Waals surface area contributed by atoms with E-state index in [-0.39, 0.29) is 12.0 Å². The van der Waals surface area contributed by atoms with Crippen LogP contribution in [0.2, 0.25) is 5.02 Å². The predicted molar refractivity (Wildman–Crippen MR) is 80.2 cm³/mol. The Morgan fingerprint density at radius 3 is 3.05 bits per heavy atom. The van der Waals surface area contributed by atoms with Gasteiger partial charge in [-0.1, -0.05) is 23.7 Å². The van der Waals surface area contributed by atoms with Gasteiger partial charge in [-0.3, -0.25) is 9.69 Å². The molecule has 1 saturated heterocycles. The Bertz CT molecular complexity index is 454. The number of benzene rings is 1. The van der Waals surface area contributed by atoms with Crippen molar-refractivity contribution in [3.63, 3.8) is 0 Å². The number of anilines is 1. The van der Waals surface area contributed by atoms with Gasteiger partial charge >= 0.3 is 0 Å². The second-order valence-corrected chi connectivity index (χ2v) is 5.22. The summed E-state index contributed by atoms with van der Waals surface area (Å²) >= 11 is 6.02. The van der Waals surface area contributed by atoms with Crippen LogP contribution in [-0.4, -0.2) is 56.7 Å². The van der Waals surface area contributed by atoms with E-state index in [4.69, 9.17) is 16.3 Å². The van der Waals surface area contributed by atoms with Gasteiger partial charge in [-0.2, -0.15) is 0 Å². The van der Waals surface area contributed by atoms with Crippen molar-refractivity contribution in [1.29, 1.82) is 0 Å². The van der Waals surface area contributed by atoms with Crippen molar-refractivity contribution in [2.45, 2.75) is 6.10 Å². The molecule has 20 heavy (non-hydrogen) atoms. The number of amides is 1. The van der Waals surface area contributed by atoms with Gasteiger partial charge in [0.15, 0.2) is 0 Å². The summed E-state index contributed by atoms with van der Waals surface area (Å²) in [6.07, 6.45) is 0.141. The number of likely N-dealkylation sites (N-methyl/N-ethyl adjacent to an activating group) is 1. The Morgan fingerprint density at radius 1 is 1.50 bits per heavy atom. The van der Waals surface area contributed by atoms with Gasteiger partial charge in [0.25, 0.3) is 0 Å². The molecule has 0 aromatic heterocycles. The summed E-state index contributed by atoms with van der Waals surface area (Å²) in [6.45, 7) is 3.34. The van der Waals surface area contributed by atoms with Gasteiger partial charge in [0, 0.05) is 19.6 Å². The normalized spacial score (nSPS) is 19.8. The lowest BCUT2D eigenvalue weighted by Gasteiger charge is -2.32. The van der Waals surface area contributed by atoms with Crippen molar-refractivity contribution < 1.29 is 9.53 Å². The van der Waals surface area contributed by atoms with E-state index >= 15 is 0 Å². The Labute approximate surface area is 124 Å². The number of carbonyl (C=O) groups excluding carboxylic acids is 1. The average Bonchev–Trinajstić information content (AvgIpc) is 2.42. The monoisotopic (exact) mass is 297 g/mol. The van der Waals surface area contributed by atoms with Crippen molar-refractivity contribution in [3.05, 3.63) is 29.3 Å². The fourth-order valence-corrected chi connectivity index (χ4v) is 2.41. The molecule has 1 aromatic rings. The molecule has 2 rings (SSSR count). The van der Waals surface area contributed by atoms with Crippen molar-refractivity contribution in [1.82, 2.24) is 10.2 Å². The van der Waals surface area contributed by atoms with Crippen LogP contribution in [0.1, 0.15) is 0 Å². The van der Waals surface area contributed by atoms with Gasteiger partial charge in [-0.05, 0) is 19.2 Å². The number of nitrogens with one attached hydrogen (secondary N) is 2. The van der Waals surface area contributed by atoms with Gasteiger partial charge in [0.2, 0.25) is 5.91 Å². The predicted octanol–water partition coefficient (Wildman–Crippen LogP) is 1.20. The second kappa shape index (κ2) is 7.59. The number of halogens is 1. The highest BCUT2D eigenvalue weighted by Crippen LogP contribution is 2.20. The molecule has 110 valence electrons. The molecule has 6 heteroatoms. The van der Waals surface area contributed by atoms with Gasteiger partial charge in [0.1, 0.15) is 0 Å². The summed E-state index contributed by atoms with van der Waals surface area (Å²) in [6, 6.07) is 7.24. The highest BCUT2D eigenvalue weighted by molar-refractivity contribution is 6.33. The minimum Gasteiger partial charge on any atom is -0.374 e. The van der Waals surface area contributed by atoms with Gasteiger partial charge < -0.3 is 15.4 Å². The summed E-state index contributed by atoms with van der Waals surface area (Å²) in [7, 11) is 1.90. The first-order valence-corrected chi connectivity index (χ1v) is 7.10. The molecule has 1 fully saturated rings. The van der Waals surface area contributed by atoms with E-state index in [1.807, 2.05) is 19.2 Å². The first kappa shape index (κ1) is 15.3. The van der Waals surface area contributed by atoms with Gasteiger partial charge in [-0.15, -0.1) is 0 Å². The lowest BCUT2D eigenvalue weighted by atomic mass is 10.2. The Morgan fingerprint density at radius 2 is 2.30 bits per heavy atom. The molecule has 0 radical (unpaired) electrons. The number of hydrogen-bond donors (Lipinski definition) is 2. The van der Waals surface area contributed by atoms with E-state index in [2.05, 4.69) is 15.5 Å². The molecule has 1 aliphatic rings. The number of morpholine rings is 1. The molecule has 5 nitrogen and oxygen atoms in total. The molecule has 0 spiro atoms. The zero-order chi connectivity index (χ0) is 14.4. The topological polar surface area (TPSA) is 53.6 Å². The molecule has 1 amide bonds. The molecular weight excluding hydrogens is 278 g/mol. The fourth-order valence-electron chi connectivity index (χ4n) is 2.23. The van der Waals surface area contributed by atoms with Gasteiger partial charge in [-0.25, -0.2) is 0 Å². The molecule has 1 aromatic carbocycles. The van der Waals surface area contributed by atoms with Crippen LogP contribution in [0.3, 0.4) is 0 Å². The lowest BCUT2D eigenvalue weighted by molar-refractivity contribution is -0.119. The molecular formula is C14H20ClN3O2. The van der Waals surface area contributed by atoms with Crippen LogP contribution < -0.4 is 10.6 Å². The highest BCUT2D eigenvalue weighted by Gasteiger charge is 2.21. The molecule has 1 aliphatic heterocycles. The van der Waals surface area contributed by atoms with E-state index in [1.165, 1.54) is 0 Å². The third-order valence-electron chi connectivity index (χ3n) is 3.17. The Balaban J connectivity index is 1.84. The van der Waals surface area contributed by atoms with Crippen LogP contribution in [0, 0.1) is 0 Å². The van der Waals surface area contributed by atoms with Gasteiger partial charge in [0.05, 0.1) is 30.0 Å². The minimum absolute atomic E-state index is 0.0526. The molecule has 2 N–H and O–H groups in total. The fraction of sp³-hybridized carbons (Fsp3) is 0.500. The first-order valence-electron chi connectivity index (χ1n) is 6.72. The third-order valence-corrected chi connectivity index (χ3v) is 3.50. The van der Waals surface area contributed by atoms with E-state index in [1.54, 1.807) is 12.1 Å². The molecule has 0 saturated carbocycles. The largest absolute Gasteiger partial charge is 0.374 e. The Hall–Kier alpha value is -1.14. The van der Waals surface area contributed by atoms with Crippen LogP contribution in [0.4, 0.5) is 5.69 Å². The summed E-state index contributed by atoms with van der Waals surface area (Å²) in [5.41, 5.74) is 0.652. The standard InChI is InChI=1S/C14H20ClN3O2/c1-16-8-11-9-18(6-7-20-11)10-14(19)17-13-5-3-2-4-12(13)15/h2-5,11,16H,6-10H2,1H3,(H,17,19). The summed E-state index contributed by atoms with van der Waals surface area (Å²) < 4.78 is 5.61. The number of para-hydroxylation sites is 1. The second-order valence-electron chi connectivity index (χ2n) is 4.81. The third kappa shape index (κ3) is 4.45. The average molecular weight is 298 g/mol. The maximum absolute atomic E-state index is 12.0. The highest BCUT2D eigenvalue weighted by atomic mass is 35.5. The maximum Gasteiger partial charge on any atom is 0.238 e. The molecule has 0 aliphatic carbocycles. The van der Waals surface area contributed by atoms with Crippen molar-refractivity contribution in [2.24, 2.45) is 0 Å². The van der Waals surface area contributed by atoms with E-state index in [9.17, 15) is 4.79 Å². The molecule has 1 heterocycles. The Kier molecular flexibility index (Phi) is 5.79. The number of carbonyl (C=O) groups is 1. The molecule has 1 unspecified atom stereocenters. The van der Waals surface area contributed by atoms with Crippen molar-refractivity contribution in [2.75, 3.05) is 45.2 Å². The number of nitrogens with zero attached hydrogens (tertiary/aromatic N) is 1. The van der Waals surface area contributed by atoms with Crippen LogP contribution in [0.15, 0.2) is 24.3 Å². The van der Waals surface area contributed by atoms with Crippen LogP contribution in [0.25, 0.3) is 0 Å². The van der Waals surface area contributed by atoms with Crippen LogP contribution in [0.5, 0.6) is 0 Å². The van der Waals surface area contributed by atoms with Crippen LogP contribution >= 0.6 is 11.6 Å². The summed E-state index contributed by atoms with van der Waals surface area (Å²) in [4.78, 5) is 14.1. The number of ether oxygens (including phenoxy) is 1. The number of hydrogen-bond acceptors (Lipinski definition) is 4. The SMILES string of the molecule is CNCC1CN(CC(=O)Nc2ccccc2Cl)CCO1. The maximum atomic E-state index is 12.0. The smallest absolute Gasteiger partial charge is 0.238 e. The van der Waals surface area contributed by atoms with Crippen LogP contribution in [-0.2, 0) is 9.53 Å². The van der Waals surface area contributed by atoms with E-state index < -0.39 is 0 Å². The molecule has 0 bridgehead atoms. The number of rotatable bonds is 5. The lowest BCUT2D eigenvalue weighted by Crippen LogP contribution is -2.48. The quantitative estimate of drug-likeness (QED) is 0.857. The zero-order valence-electron chi connectivity index (χ0n) is 11.6. The minimum atomic E-state index is -0.0526. The van der Waals surface area contributed by atoms with Crippen molar-refractivity contribution >= 4 is 23.2 Å². The molecule has 1 atom stereocenters. The first-order chi connectivity index (χ1) is 9.69. The van der Waals surface area contributed by atoms with E-state index in [0.29, 0.717) is 23.9 Å². The van der Waals surface area contributed by atoms with E-state index in [0.717, 1.165) is 19.6 Å². The van der Waals surface area contributed by atoms with Crippen molar-refractivity contribution in [3.8, 4) is 0 Å². The summed E-state index contributed by atoms with van der Waals surface area (Å²) in [5, 5.41) is 6.48. The zero-order valence-corrected chi connectivity index (χ0v) is 12.3.